The molecule has 14 heavy (non-hydrogen) atoms. The monoisotopic (exact) mass is 194 g/mol. The molecule has 80 valence electrons. The van der Waals surface area contributed by atoms with Gasteiger partial charge in [0.2, 0.25) is 0 Å². The van der Waals surface area contributed by atoms with E-state index in [0.29, 0.717) is 0 Å². The molecule has 0 aromatic heterocycles. The van der Waals surface area contributed by atoms with Gasteiger partial charge in [0.15, 0.2) is 0 Å². The largest absolute Gasteiger partial charge is 0.183 e. The van der Waals surface area contributed by atoms with Gasteiger partial charge in [-0.25, -0.2) is 0 Å². The van der Waals surface area contributed by atoms with Gasteiger partial charge in [0.05, 0.1) is 11.1 Å². The fourth-order valence-corrected chi connectivity index (χ4v) is 1.89. The van der Waals surface area contributed by atoms with Crippen LogP contribution >= 0.6 is 0 Å². The first-order chi connectivity index (χ1) is 6.05. The van der Waals surface area contributed by atoms with Gasteiger partial charge < -0.3 is 0 Å². The van der Waals surface area contributed by atoms with Gasteiger partial charge >= 0.3 is 0 Å². The zero-order valence-corrected chi connectivity index (χ0v) is 10.5. The van der Waals surface area contributed by atoms with Crippen molar-refractivity contribution in [2.75, 3.05) is 0 Å². The lowest BCUT2D eigenvalue weighted by atomic mass is 9.78. The maximum absolute atomic E-state index is 4.34. The molecular weight excluding hydrogens is 172 g/mol. The van der Waals surface area contributed by atoms with Gasteiger partial charge in [-0.15, -0.1) is 0 Å². The van der Waals surface area contributed by atoms with Crippen LogP contribution in [0.1, 0.15) is 48.5 Å². The summed E-state index contributed by atoms with van der Waals surface area (Å²) in [6, 6.07) is 0. The third kappa shape index (κ3) is 2.23. The number of nitrogens with zero attached hydrogens (tertiary/aromatic N) is 2. The van der Waals surface area contributed by atoms with Crippen LogP contribution in [0.5, 0.6) is 0 Å². The molecule has 0 radical (unpaired) electrons. The molecule has 1 aliphatic heterocycles. The van der Waals surface area contributed by atoms with Crippen molar-refractivity contribution in [2.45, 2.75) is 59.5 Å². The first-order valence-corrected chi connectivity index (χ1v) is 5.22. The summed E-state index contributed by atoms with van der Waals surface area (Å²) in [5.74, 6) is 0. The molecule has 0 bridgehead atoms. The highest BCUT2D eigenvalue weighted by Gasteiger charge is 2.41. The Bertz CT molecular complexity index is 268. The molecule has 0 atom stereocenters. The van der Waals surface area contributed by atoms with E-state index in [-0.39, 0.29) is 16.5 Å². The van der Waals surface area contributed by atoms with Gasteiger partial charge in [0.25, 0.3) is 0 Å². The lowest BCUT2D eigenvalue weighted by molar-refractivity contribution is 0.499. The van der Waals surface area contributed by atoms with E-state index in [9.17, 15) is 0 Å². The lowest BCUT2D eigenvalue weighted by Gasteiger charge is -2.27. The van der Waals surface area contributed by atoms with Crippen LogP contribution in [-0.4, -0.2) is 11.1 Å². The second-order valence-electron chi connectivity index (χ2n) is 6.24. The van der Waals surface area contributed by atoms with E-state index in [1.54, 1.807) is 0 Å². The Labute approximate surface area is 87.5 Å². The van der Waals surface area contributed by atoms with E-state index in [1.807, 2.05) is 0 Å². The number of hydrogen-bond donors (Lipinski definition) is 0. The van der Waals surface area contributed by atoms with E-state index in [2.05, 4.69) is 64.8 Å². The topological polar surface area (TPSA) is 24.7 Å². The van der Waals surface area contributed by atoms with Crippen molar-refractivity contribution in [1.82, 2.24) is 0 Å². The Morgan fingerprint density at radius 1 is 0.929 bits per heavy atom. The second-order valence-corrected chi connectivity index (χ2v) is 6.24. The summed E-state index contributed by atoms with van der Waals surface area (Å²) in [7, 11) is 0. The average molecular weight is 194 g/mol. The quantitative estimate of drug-likeness (QED) is 0.521. The average Bonchev–Trinajstić information content (AvgIpc) is 2.10. The highest BCUT2D eigenvalue weighted by molar-refractivity contribution is 5.33. The molecule has 0 N–H and O–H groups in total. The molecule has 1 rings (SSSR count). The van der Waals surface area contributed by atoms with E-state index in [4.69, 9.17) is 0 Å². The van der Waals surface area contributed by atoms with Gasteiger partial charge in [0, 0.05) is 0 Å². The van der Waals surface area contributed by atoms with Crippen LogP contribution in [0.15, 0.2) is 21.9 Å². The van der Waals surface area contributed by atoms with Crippen LogP contribution in [0.3, 0.4) is 0 Å². The molecule has 0 saturated carbocycles. The van der Waals surface area contributed by atoms with Crippen molar-refractivity contribution < 1.29 is 0 Å². The zero-order chi connectivity index (χ0) is 11.2. The smallest absolute Gasteiger partial charge is 0.0992 e. The van der Waals surface area contributed by atoms with Crippen LogP contribution in [-0.2, 0) is 0 Å². The zero-order valence-electron chi connectivity index (χ0n) is 10.5. The van der Waals surface area contributed by atoms with Crippen molar-refractivity contribution in [2.24, 2.45) is 15.6 Å². The molecule has 0 aliphatic carbocycles. The summed E-state index contributed by atoms with van der Waals surface area (Å²) in [5.41, 5.74) is 1.27. The molecule has 0 fully saturated rings. The standard InChI is InChI=1S/C12H22N2/c1-10(2,3)8-9-11(4,5)13-14-12(9,6)7/h8H,1-7H3. The molecule has 1 heterocycles. The van der Waals surface area contributed by atoms with Crippen LogP contribution < -0.4 is 0 Å². The summed E-state index contributed by atoms with van der Waals surface area (Å²) in [6.45, 7) is 15.1. The Balaban J connectivity index is 3.15. The SMILES string of the molecule is CC(C)(C)C=C1C(C)(C)N=NC1(C)C. The normalized spacial score (nSPS) is 24.1. The third-order valence-corrected chi connectivity index (χ3v) is 2.45. The maximum atomic E-state index is 4.34. The highest BCUT2D eigenvalue weighted by Crippen LogP contribution is 2.41. The van der Waals surface area contributed by atoms with Crippen LogP contribution in [0, 0.1) is 5.41 Å². The molecule has 0 aromatic rings. The lowest BCUT2D eigenvalue weighted by Crippen LogP contribution is -2.29. The van der Waals surface area contributed by atoms with Crippen molar-refractivity contribution >= 4 is 0 Å². The van der Waals surface area contributed by atoms with Gasteiger partial charge in [-0.3, -0.25) is 0 Å². The predicted molar refractivity (Wildman–Crippen MR) is 60.6 cm³/mol. The van der Waals surface area contributed by atoms with Crippen LogP contribution in [0.2, 0.25) is 0 Å². The van der Waals surface area contributed by atoms with E-state index in [0.717, 1.165) is 0 Å². The molecule has 0 spiro atoms. The Morgan fingerprint density at radius 3 is 1.57 bits per heavy atom. The molecule has 0 unspecified atom stereocenters. The van der Waals surface area contributed by atoms with E-state index >= 15 is 0 Å². The summed E-state index contributed by atoms with van der Waals surface area (Å²) in [6.07, 6.45) is 2.31. The molecule has 1 aliphatic rings. The number of allylic oxidation sites excluding steroid dienone is 1. The van der Waals surface area contributed by atoms with Crippen LogP contribution in [0.4, 0.5) is 0 Å². The molecule has 0 amide bonds. The van der Waals surface area contributed by atoms with Gasteiger partial charge in [-0.05, 0) is 38.7 Å². The molecular formula is C12H22N2. The minimum absolute atomic E-state index is 0.128. The highest BCUT2D eigenvalue weighted by atomic mass is 15.2. The van der Waals surface area contributed by atoms with E-state index in [1.165, 1.54) is 5.57 Å². The van der Waals surface area contributed by atoms with Gasteiger partial charge in [-0.1, -0.05) is 26.8 Å². The minimum atomic E-state index is -0.128. The predicted octanol–water partition coefficient (Wildman–Crippen LogP) is 3.98. The Kier molecular flexibility index (Phi) is 2.38. The molecule has 2 heteroatoms. The van der Waals surface area contributed by atoms with Gasteiger partial charge in [0.1, 0.15) is 0 Å². The first-order valence-electron chi connectivity index (χ1n) is 5.22. The minimum Gasteiger partial charge on any atom is -0.183 e. The van der Waals surface area contributed by atoms with Crippen molar-refractivity contribution in [3.8, 4) is 0 Å². The Morgan fingerprint density at radius 2 is 1.29 bits per heavy atom. The van der Waals surface area contributed by atoms with Crippen molar-refractivity contribution in [3.05, 3.63) is 11.6 Å². The number of hydrogen-bond acceptors (Lipinski definition) is 2. The second kappa shape index (κ2) is 2.91. The summed E-state index contributed by atoms with van der Waals surface area (Å²) >= 11 is 0. The van der Waals surface area contributed by atoms with Crippen molar-refractivity contribution in [1.29, 1.82) is 0 Å². The van der Waals surface area contributed by atoms with E-state index < -0.39 is 0 Å². The molecule has 0 saturated heterocycles. The summed E-state index contributed by atoms with van der Waals surface area (Å²) in [4.78, 5) is 0. The fourth-order valence-electron chi connectivity index (χ4n) is 1.89. The van der Waals surface area contributed by atoms with Crippen LogP contribution in [0.25, 0.3) is 0 Å². The maximum Gasteiger partial charge on any atom is 0.0992 e. The molecule has 0 aromatic carbocycles. The van der Waals surface area contributed by atoms with Gasteiger partial charge in [-0.2, -0.15) is 10.2 Å². The number of rotatable bonds is 0. The fraction of sp³-hybridized carbons (Fsp3) is 0.833. The third-order valence-electron chi connectivity index (χ3n) is 2.45. The summed E-state index contributed by atoms with van der Waals surface area (Å²) in [5, 5.41) is 8.69. The van der Waals surface area contributed by atoms with Crippen molar-refractivity contribution in [3.63, 3.8) is 0 Å². The molecule has 2 nitrogen and oxygen atoms in total. The summed E-state index contributed by atoms with van der Waals surface area (Å²) < 4.78 is 0. The Hall–Kier alpha value is -0.660. The number of azo groups is 1. The first kappa shape index (κ1) is 11.4.